The quantitative estimate of drug-likeness (QED) is 0.677. The van der Waals surface area contributed by atoms with E-state index in [-0.39, 0.29) is 6.61 Å². The van der Waals surface area contributed by atoms with Crippen molar-refractivity contribution in [1.29, 1.82) is 0 Å². The second-order valence-corrected chi connectivity index (χ2v) is 3.16. The zero-order chi connectivity index (χ0) is 10.4. The van der Waals surface area contributed by atoms with E-state index in [0.29, 0.717) is 5.95 Å². The van der Waals surface area contributed by atoms with Crippen molar-refractivity contribution in [3.8, 4) is 0 Å². The van der Waals surface area contributed by atoms with Gasteiger partial charge in [0.25, 0.3) is 0 Å². The first kappa shape index (κ1) is 10.8. The Labute approximate surface area is 83.6 Å². The Balaban J connectivity index is 2.39. The Morgan fingerprint density at radius 1 is 1.14 bits per heavy atom. The third-order valence-corrected chi connectivity index (χ3v) is 1.96. The van der Waals surface area contributed by atoms with Gasteiger partial charge in [-0.3, -0.25) is 0 Å². The van der Waals surface area contributed by atoms with E-state index in [0.717, 1.165) is 30.8 Å². The average molecular weight is 196 g/mol. The summed E-state index contributed by atoms with van der Waals surface area (Å²) in [4.78, 5) is 4.22. The summed E-state index contributed by atoms with van der Waals surface area (Å²) in [6, 6.07) is 0. The number of aliphatic hydroxyl groups excluding tert-OH is 1. The summed E-state index contributed by atoms with van der Waals surface area (Å²) in [6.07, 6.45) is 1.71. The predicted octanol–water partition coefficient (Wildman–Crippen LogP) is 0.673. The van der Waals surface area contributed by atoms with Crippen LogP contribution in [0.2, 0.25) is 0 Å². The van der Waals surface area contributed by atoms with Gasteiger partial charge in [0.15, 0.2) is 0 Å². The van der Waals surface area contributed by atoms with Crippen molar-refractivity contribution in [3.05, 3.63) is 11.4 Å². The highest BCUT2D eigenvalue weighted by Gasteiger charge is 1.99. The number of aromatic nitrogens is 3. The van der Waals surface area contributed by atoms with E-state index in [1.807, 2.05) is 13.8 Å². The van der Waals surface area contributed by atoms with Crippen molar-refractivity contribution in [2.24, 2.45) is 0 Å². The van der Waals surface area contributed by atoms with Crippen LogP contribution in [0.5, 0.6) is 0 Å². The molecule has 0 aromatic carbocycles. The van der Waals surface area contributed by atoms with E-state index in [2.05, 4.69) is 20.5 Å². The first-order valence-corrected chi connectivity index (χ1v) is 4.76. The first-order chi connectivity index (χ1) is 6.74. The summed E-state index contributed by atoms with van der Waals surface area (Å²) in [7, 11) is 0. The average Bonchev–Trinajstić information content (AvgIpc) is 2.18. The minimum Gasteiger partial charge on any atom is -0.396 e. The Hall–Kier alpha value is -1.23. The summed E-state index contributed by atoms with van der Waals surface area (Å²) in [6.45, 7) is 4.78. The van der Waals surface area contributed by atoms with E-state index in [1.54, 1.807) is 0 Å². The number of rotatable bonds is 5. The highest BCUT2D eigenvalue weighted by Crippen LogP contribution is 2.01. The lowest BCUT2D eigenvalue weighted by Crippen LogP contribution is -2.08. The van der Waals surface area contributed by atoms with E-state index in [1.165, 1.54) is 0 Å². The maximum absolute atomic E-state index is 8.57. The van der Waals surface area contributed by atoms with Gasteiger partial charge in [0, 0.05) is 13.2 Å². The number of nitrogens with zero attached hydrogens (tertiary/aromatic N) is 3. The zero-order valence-corrected chi connectivity index (χ0v) is 8.62. The molecule has 0 saturated carbocycles. The molecule has 0 aliphatic heterocycles. The number of hydrogen-bond acceptors (Lipinski definition) is 5. The minimum atomic E-state index is 0.230. The third-order valence-electron chi connectivity index (χ3n) is 1.96. The van der Waals surface area contributed by atoms with Gasteiger partial charge in [-0.25, -0.2) is 4.98 Å². The van der Waals surface area contributed by atoms with Crippen LogP contribution in [0.25, 0.3) is 0 Å². The van der Waals surface area contributed by atoms with Gasteiger partial charge in [-0.15, -0.1) is 5.10 Å². The van der Waals surface area contributed by atoms with Crippen molar-refractivity contribution in [2.75, 3.05) is 18.5 Å². The molecule has 0 bridgehead atoms. The normalized spacial score (nSPS) is 10.2. The molecule has 0 spiro atoms. The van der Waals surface area contributed by atoms with Crippen LogP contribution in [0.3, 0.4) is 0 Å². The summed E-state index contributed by atoms with van der Waals surface area (Å²) >= 11 is 0. The van der Waals surface area contributed by atoms with Crippen LogP contribution >= 0.6 is 0 Å². The number of anilines is 1. The van der Waals surface area contributed by atoms with Crippen molar-refractivity contribution in [3.63, 3.8) is 0 Å². The maximum atomic E-state index is 8.57. The highest BCUT2D eigenvalue weighted by molar-refractivity contribution is 5.24. The standard InChI is InChI=1S/C9H16N4O/c1-7-8(2)12-13-9(11-7)10-5-3-4-6-14/h14H,3-6H2,1-2H3,(H,10,11,13). The molecule has 0 aliphatic carbocycles. The molecule has 1 aromatic heterocycles. The molecular weight excluding hydrogens is 180 g/mol. The van der Waals surface area contributed by atoms with E-state index in [9.17, 15) is 0 Å². The number of unbranched alkanes of at least 4 members (excludes halogenated alkanes) is 1. The summed E-state index contributed by atoms with van der Waals surface area (Å²) < 4.78 is 0. The van der Waals surface area contributed by atoms with Gasteiger partial charge in [0.1, 0.15) is 0 Å². The topological polar surface area (TPSA) is 70.9 Å². The Morgan fingerprint density at radius 2 is 1.93 bits per heavy atom. The smallest absolute Gasteiger partial charge is 0.242 e. The Bertz CT molecular complexity index is 290. The molecule has 78 valence electrons. The van der Waals surface area contributed by atoms with Gasteiger partial charge < -0.3 is 10.4 Å². The molecule has 14 heavy (non-hydrogen) atoms. The summed E-state index contributed by atoms with van der Waals surface area (Å²) in [5.41, 5.74) is 1.75. The second-order valence-electron chi connectivity index (χ2n) is 3.16. The van der Waals surface area contributed by atoms with Gasteiger partial charge in [-0.05, 0) is 26.7 Å². The maximum Gasteiger partial charge on any atom is 0.242 e. The van der Waals surface area contributed by atoms with Crippen molar-refractivity contribution >= 4 is 5.95 Å². The monoisotopic (exact) mass is 196 g/mol. The second kappa shape index (κ2) is 5.49. The fraction of sp³-hybridized carbons (Fsp3) is 0.667. The fourth-order valence-corrected chi connectivity index (χ4v) is 0.969. The SMILES string of the molecule is Cc1nnc(NCCCCO)nc1C. The first-order valence-electron chi connectivity index (χ1n) is 4.76. The van der Waals surface area contributed by atoms with Gasteiger partial charge in [0.2, 0.25) is 5.95 Å². The molecule has 0 saturated heterocycles. The van der Waals surface area contributed by atoms with Gasteiger partial charge in [0.05, 0.1) is 11.4 Å². The molecule has 2 N–H and O–H groups in total. The number of nitrogens with one attached hydrogen (secondary N) is 1. The predicted molar refractivity (Wildman–Crippen MR) is 54.1 cm³/mol. The highest BCUT2D eigenvalue weighted by atomic mass is 16.2. The molecule has 0 radical (unpaired) electrons. The van der Waals surface area contributed by atoms with Crippen molar-refractivity contribution < 1.29 is 5.11 Å². The fourth-order valence-electron chi connectivity index (χ4n) is 0.969. The van der Waals surface area contributed by atoms with Crippen LogP contribution < -0.4 is 5.32 Å². The van der Waals surface area contributed by atoms with Crippen LogP contribution in [0.15, 0.2) is 0 Å². The zero-order valence-electron chi connectivity index (χ0n) is 8.62. The molecule has 0 amide bonds. The molecule has 5 nitrogen and oxygen atoms in total. The molecule has 1 aromatic rings. The molecule has 5 heteroatoms. The van der Waals surface area contributed by atoms with Gasteiger partial charge >= 0.3 is 0 Å². The summed E-state index contributed by atoms with van der Waals surface area (Å²) in [5, 5.41) is 19.5. The van der Waals surface area contributed by atoms with Crippen LogP contribution in [0, 0.1) is 13.8 Å². The van der Waals surface area contributed by atoms with Gasteiger partial charge in [-0.2, -0.15) is 5.10 Å². The molecule has 0 unspecified atom stereocenters. The van der Waals surface area contributed by atoms with Crippen LogP contribution in [0.4, 0.5) is 5.95 Å². The number of hydrogen-bond donors (Lipinski definition) is 2. The van der Waals surface area contributed by atoms with E-state index < -0.39 is 0 Å². The van der Waals surface area contributed by atoms with E-state index >= 15 is 0 Å². The largest absolute Gasteiger partial charge is 0.396 e. The van der Waals surface area contributed by atoms with Crippen molar-refractivity contribution in [1.82, 2.24) is 15.2 Å². The van der Waals surface area contributed by atoms with Crippen molar-refractivity contribution in [2.45, 2.75) is 26.7 Å². The van der Waals surface area contributed by atoms with E-state index in [4.69, 9.17) is 5.11 Å². The number of aliphatic hydroxyl groups is 1. The third kappa shape index (κ3) is 3.26. The number of aryl methyl sites for hydroxylation is 2. The van der Waals surface area contributed by atoms with Crippen LogP contribution in [-0.2, 0) is 0 Å². The molecule has 0 atom stereocenters. The lowest BCUT2D eigenvalue weighted by atomic mass is 10.3. The minimum absolute atomic E-state index is 0.230. The Morgan fingerprint density at radius 3 is 2.57 bits per heavy atom. The molecule has 0 fully saturated rings. The van der Waals surface area contributed by atoms with Gasteiger partial charge in [-0.1, -0.05) is 0 Å². The van der Waals surface area contributed by atoms with Crippen LogP contribution in [0.1, 0.15) is 24.2 Å². The molecule has 1 heterocycles. The lowest BCUT2D eigenvalue weighted by Gasteiger charge is -2.04. The summed E-state index contributed by atoms with van der Waals surface area (Å²) in [5.74, 6) is 0.561. The molecular formula is C9H16N4O. The Kier molecular flexibility index (Phi) is 4.25. The molecule has 0 aliphatic rings. The lowest BCUT2D eigenvalue weighted by molar-refractivity contribution is 0.286. The van der Waals surface area contributed by atoms with Crippen LogP contribution in [-0.4, -0.2) is 33.4 Å². The molecule has 1 rings (SSSR count).